The Bertz CT molecular complexity index is 733. The molecule has 0 radical (unpaired) electrons. The Kier molecular flexibility index (Phi) is 5.77. The second kappa shape index (κ2) is 8.05. The van der Waals surface area contributed by atoms with Gasteiger partial charge in [0.2, 0.25) is 0 Å². The van der Waals surface area contributed by atoms with Crippen molar-refractivity contribution in [1.29, 1.82) is 0 Å². The normalized spacial score (nSPS) is 17.5. The summed E-state index contributed by atoms with van der Waals surface area (Å²) in [5.41, 5.74) is 2.54. The summed E-state index contributed by atoms with van der Waals surface area (Å²) in [5.74, 6) is 0.672. The van der Waals surface area contributed by atoms with Crippen LogP contribution in [0, 0.1) is 5.92 Å². The van der Waals surface area contributed by atoms with Crippen LogP contribution in [0.4, 0.5) is 0 Å². The van der Waals surface area contributed by atoms with Gasteiger partial charge in [0.25, 0.3) is 5.91 Å². The molecular weight excluding hydrogens is 322 g/mol. The standard InChI is InChI=1S/C23H29NO2/c1-23(2,26)13-11-19-9-6-10-21(16-19)22(25)24-14-12-20(17-24)15-18-7-4-3-5-8-18/h3-10,16,20,26H,11-15,17H2,1-2H3/t20-/m0/s1. The molecule has 3 heteroatoms. The summed E-state index contributed by atoms with van der Waals surface area (Å²) in [4.78, 5) is 14.9. The molecule has 1 aliphatic heterocycles. The van der Waals surface area contributed by atoms with Gasteiger partial charge in [-0.2, -0.15) is 0 Å². The summed E-state index contributed by atoms with van der Waals surface area (Å²) < 4.78 is 0. The molecule has 1 fully saturated rings. The average molecular weight is 351 g/mol. The summed E-state index contributed by atoms with van der Waals surface area (Å²) in [6.07, 6.45) is 3.57. The van der Waals surface area contributed by atoms with E-state index < -0.39 is 5.60 Å². The van der Waals surface area contributed by atoms with Crippen LogP contribution in [0.1, 0.15) is 48.2 Å². The molecule has 0 aliphatic carbocycles. The fourth-order valence-corrected chi connectivity index (χ4v) is 3.62. The molecule has 0 saturated carbocycles. The van der Waals surface area contributed by atoms with E-state index in [-0.39, 0.29) is 5.91 Å². The van der Waals surface area contributed by atoms with Crippen molar-refractivity contribution in [3.05, 3.63) is 71.3 Å². The highest BCUT2D eigenvalue weighted by Crippen LogP contribution is 2.23. The van der Waals surface area contributed by atoms with Crippen LogP contribution in [0.25, 0.3) is 0 Å². The Balaban J connectivity index is 1.59. The smallest absolute Gasteiger partial charge is 0.253 e. The van der Waals surface area contributed by atoms with Gasteiger partial charge in [-0.25, -0.2) is 0 Å². The third-order valence-electron chi connectivity index (χ3n) is 5.14. The van der Waals surface area contributed by atoms with Crippen LogP contribution >= 0.6 is 0 Å². The van der Waals surface area contributed by atoms with E-state index in [9.17, 15) is 9.90 Å². The van der Waals surface area contributed by atoms with Gasteiger partial charge in [-0.3, -0.25) is 4.79 Å². The lowest BCUT2D eigenvalue weighted by Gasteiger charge is -2.19. The first-order chi connectivity index (χ1) is 12.4. The molecule has 1 N–H and O–H groups in total. The van der Waals surface area contributed by atoms with Crippen molar-refractivity contribution in [3.63, 3.8) is 0 Å². The molecule has 2 aromatic rings. The van der Waals surface area contributed by atoms with Crippen LogP contribution in [0.2, 0.25) is 0 Å². The van der Waals surface area contributed by atoms with Gasteiger partial charge >= 0.3 is 0 Å². The van der Waals surface area contributed by atoms with Gasteiger partial charge in [0.05, 0.1) is 5.60 Å². The first-order valence-electron chi connectivity index (χ1n) is 9.55. The Labute approximate surface area is 156 Å². The maximum Gasteiger partial charge on any atom is 0.253 e. The van der Waals surface area contributed by atoms with Crippen molar-refractivity contribution in [2.24, 2.45) is 5.92 Å². The maximum absolute atomic E-state index is 12.9. The number of hydrogen-bond donors (Lipinski definition) is 1. The van der Waals surface area contributed by atoms with Crippen molar-refractivity contribution in [2.45, 2.75) is 45.1 Å². The minimum absolute atomic E-state index is 0.130. The zero-order valence-electron chi connectivity index (χ0n) is 15.8. The maximum atomic E-state index is 12.9. The van der Waals surface area contributed by atoms with Gasteiger partial charge in [-0.05, 0) is 68.7 Å². The molecule has 3 nitrogen and oxygen atoms in total. The lowest BCUT2D eigenvalue weighted by molar-refractivity contribution is 0.0714. The molecule has 1 amide bonds. The van der Waals surface area contributed by atoms with Crippen LogP contribution in [-0.4, -0.2) is 34.6 Å². The predicted octanol–water partition coefficient (Wildman–Crippen LogP) is 4.09. The Hall–Kier alpha value is -2.13. The fraction of sp³-hybridized carbons (Fsp3) is 0.435. The number of hydrogen-bond acceptors (Lipinski definition) is 2. The van der Waals surface area contributed by atoms with Gasteiger partial charge in [-0.15, -0.1) is 0 Å². The summed E-state index contributed by atoms with van der Waals surface area (Å²) >= 11 is 0. The summed E-state index contributed by atoms with van der Waals surface area (Å²) in [6.45, 7) is 5.31. The van der Waals surface area contributed by atoms with Gasteiger partial charge in [-0.1, -0.05) is 42.5 Å². The van der Waals surface area contributed by atoms with E-state index in [0.29, 0.717) is 12.3 Å². The third kappa shape index (κ3) is 5.18. The predicted molar refractivity (Wildman–Crippen MR) is 105 cm³/mol. The number of likely N-dealkylation sites (tertiary alicyclic amines) is 1. The minimum Gasteiger partial charge on any atom is -0.390 e. The van der Waals surface area contributed by atoms with Crippen LogP contribution in [-0.2, 0) is 12.8 Å². The van der Waals surface area contributed by atoms with Crippen molar-refractivity contribution in [3.8, 4) is 0 Å². The van der Waals surface area contributed by atoms with Crippen LogP contribution in [0.15, 0.2) is 54.6 Å². The number of carbonyl (C=O) groups excluding carboxylic acids is 1. The van der Waals surface area contributed by atoms with Gasteiger partial charge in [0.15, 0.2) is 0 Å². The largest absolute Gasteiger partial charge is 0.390 e. The van der Waals surface area contributed by atoms with Crippen molar-refractivity contribution < 1.29 is 9.90 Å². The van der Waals surface area contributed by atoms with Gasteiger partial charge in [0, 0.05) is 18.7 Å². The second-order valence-electron chi connectivity index (χ2n) is 8.11. The van der Waals surface area contributed by atoms with E-state index in [2.05, 4.69) is 24.3 Å². The molecule has 3 rings (SSSR count). The molecule has 2 aromatic carbocycles. The number of carbonyl (C=O) groups is 1. The minimum atomic E-state index is -0.681. The molecule has 0 spiro atoms. The van der Waals surface area contributed by atoms with Crippen molar-refractivity contribution in [2.75, 3.05) is 13.1 Å². The van der Waals surface area contributed by atoms with Gasteiger partial charge < -0.3 is 10.0 Å². The molecule has 1 aliphatic rings. The van der Waals surface area contributed by atoms with E-state index in [1.807, 2.05) is 49.1 Å². The van der Waals surface area contributed by atoms with E-state index in [0.717, 1.165) is 43.5 Å². The third-order valence-corrected chi connectivity index (χ3v) is 5.14. The lowest BCUT2D eigenvalue weighted by atomic mass is 9.97. The zero-order chi connectivity index (χ0) is 18.6. The van der Waals surface area contributed by atoms with Crippen LogP contribution in [0.3, 0.4) is 0 Å². The quantitative estimate of drug-likeness (QED) is 0.851. The first-order valence-corrected chi connectivity index (χ1v) is 9.55. The van der Waals surface area contributed by atoms with Crippen LogP contribution in [0.5, 0.6) is 0 Å². The van der Waals surface area contributed by atoms with E-state index >= 15 is 0 Å². The topological polar surface area (TPSA) is 40.5 Å². The summed E-state index contributed by atoms with van der Waals surface area (Å²) in [7, 11) is 0. The SMILES string of the molecule is CC(C)(O)CCc1cccc(C(=O)N2CC[C@@H](Cc3ccccc3)C2)c1. The molecule has 0 aromatic heterocycles. The molecule has 1 heterocycles. The average Bonchev–Trinajstić information content (AvgIpc) is 3.08. The number of rotatable bonds is 6. The number of aryl methyl sites for hydroxylation is 1. The van der Waals surface area contributed by atoms with E-state index in [1.54, 1.807) is 0 Å². The first kappa shape index (κ1) is 18.7. The number of aliphatic hydroxyl groups is 1. The monoisotopic (exact) mass is 351 g/mol. The molecular formula is C23H29NO2. The summed E-state index contributed by atoms with van der Waals surface area (Å²) in [5, 5.41) is 9.91. The molecule has 0 unspecified atom stereocenters. The van der Waals surface area contributed by atoms with Crippen molar-refractivity contribution in [1.82, 2.24) is 4.90 Å². The highest BCUT2D eigenvalue weighted by atomic mass is 16.3. The Morgan fingerprint density at radius 2 is 1.85 bits per heavy atom. The summed E-state index contributed by atoms with van der Waals surface area (Å²) in [6, 6.07) is 18.4. The molecule has 138 valence electrons. The van der Waals surface area contributed by atoms with E-state index in [4.69, 9.17) is 0 Å². The molecule has 1 saturated heterocycles. The highest BCUT2D eigenvalue weighted by Gasteiger charge is 2.27. The second-order valence-corrected chi connectivity index (χ2v) is 8.11. The molecule has 26 heavy (non-hydrogen) atoms. The Morgan fingerprint density at radius 1 is 1.12 bits per heavy atom. The number of amides is 1. The van der Waals surface area contributed by atoms with E-state index in [1.165, 1.54) is 5.56 Å². The number of nitrogens with zero attached hydrogens (tertiary/aromatic N) is 1. The highest BCUT2D eigenvalue weighted by molar-refractivity contribution is 5.94. The molecule has 1 atom stereocenters. The Morgan fingerprint density at radius 3 is 2.58 bits per heavy atom. The molecule has 0 bridgehead atoms. The van der Waals surface area contributed by atoms with Crippen molar-refractivity contribution >= 4 is 5.91 Å². The lowest BCUT2D eigenvalue weighted by Crippen LogP contribution is -2.29. The van der Waals surface area contributed by atoms with Crippen LogP contribution < -0.4 is 0 Å². The number of benzene rings is 2. The zero-order valence-corrected chi connectivity index (χ0v) is 15.8. The van der Waals surface area contributed by atoms with Gasteiger partial charge in [0.1, 0.15) is 0 Å². The fourth-order valence-electron chi connectivity index (χ4n) is 3.62.